The molecule has 0 aliphatic carbocycles. The third-order valence-corrected chi connectivity index (χ3v) is 4.00. The number of likely N-dealkylation sites (tertiary alicyclic amines) is 1. The number of carbonyl (C=O) groups excluding carboxylic acids is 1. The summed E-state index contributed by atoms with van der Waals surface area (Å²) in [7, 11) is 0. The van der Waals surface area contributed by atoms with Gasteiger partial charge in [-0.05, 0) is 45.0 Å². The van der Waals surface area contributed by atoms with Gasteiger partial charge in [-0.2, -0.15) is 0 Å². The average molecular weight is 298 g/mol. The van der Waals surface area contributed by atoms with Crippen molar-refractivity contribution in [1.29, 1.82) is 0 Å². The van der Waals surface area contributed by atoms with E-state index in [0.29, 0.717) is 6.54 Å². The number of nitrogens with one attached hydrogen (secondary N) is 2. The number of benzene rings is 1. The summed E-state index contributed by atoms with van der Waals surface area (Å²) in [5.74, 6) is 0. The Labute approximate surface area is 130 Å². The van der Waals surface area contributed by atoms with Crippen LogP contribution >= 0.6 is 0 Å². The molecule has 0 saturated carbocycles. The highest BCUT2D eigenvalue weighted by Crippen LogP contribution is 2.22. The number of hydrogen-bond donors (Lipinski definition) is 2. The summed E-state index contributed by atoms with van der Waals surface area (Å²) < 4.78 is 0. The fraction of sp³-hybridized carbons (Fsp3) is 0.412. The molecule has 1 aromatic heterocycles. The zero-order chi connectivity index (χ0) is 15.4. The molecule has 0 spiro atoms. The van der Waals surface area contributed by atoms with Crippen molar-refractivity contribution in [2.24, 2.45) is 0 Å². The molecule has 3 rings (SSSR count). The predicted molar refractivity (Wildman–Crippen MR) is 89.2 cm³/mol. The number of hydrogen-bond acceptors (Lipinski definition) is 3. The van der Waals surface area contributed by atoms with Gasteiger partial charge in [-0.25, -0.2) is 4.79 Å². The van der Waals surface area contributed by atoms with Gasteiger partial charge in [-0.15, -0.1) is 0 Å². The first-order chi connectivity index (χ1) is 10.7. The lowest BCUT2D eigenvalue weighted by Crippen LogP contribution is -2.36. The highest BCUT2D eigenvalue weighted by Gasteiger charge is 2.11. The molecule has 5 heteroatoms. The zero-order valence-corrected chi connectivity index (χ0v) is 12.9. The van der Waals surface area contributed by atoms with Crippen LogP contribution in [-0.2, 0) is 0 Å². The Morgan fingerprint density at radius 2 is 2.05 bits per heavy atom. The molecule has 0 bridgehead atoms. The number of aromatic nitrogens is 1. The fourth-order valence-electron chi connectivity index (χ4n) is 2.91. The molecule has 0 atom stereocenters. The van der Waals surface area contributed by atoms with Gasteiger partial charge in [-0.1, -0.05) is 18.2 Å². The normalized spacial score (nSPS) is 15.1. The Hall–Kier alpha value is -2.14. The minimum Gasteiger partial charge on any atom is -0.337 e. The lowest BCUT2D eigenvalue weighted by molar-refractivity contribution is 0.249. The number of nitrogens with zero attached hydrogens (tertiary/aromatic N) is 2. The standard InChI is InChI=1S/C17H22N4O/c1-13-12-16(14-6-2-3-7-15(14)19-13)20-17(22)18-8-11-21-9-4-5-10-21/h2-3,6-7,12H,4-5,8-11H2,1H3,(H2,18,19,20,22). The van der Waals surface area contributed by atoms with Crippen molar-refractivity contribution in [2.75, 3.05) is 31.5 Å². The summed E-state index contributed by atoms with van der Waals surface area (Å²) in [4.78, 5) is 18.9. The van der Waals surface area contributed by atoms with Gasteiger partial charge in [0.2, 0.25) is 0 Å². The number of amides is 2. The molecule has 5 nitrogen and oxygen atoms in total. The zero-order valence-electron chi connectivity index (χ0n) is 12.9. The van der Waals surface area contributed by atoms with Gasteiger partial charge < -0.3 is 15.5 Å². The molecule has 2 N–H and O–H groups in total. The maximum Gasteiger partial charge on any atom is 0.319 e. The van der Waals surface area contributed by atoms with E-state index in [4.69, 9.17) is 0 Å². The number of anilines is 1. The van der Waals surface area contributed by atoms with E-state index >= 15 is 0 Å². The molecule has 1 aromatic carbocycles. The number of aryl methyl sites for hydroxylation is 1. The Kier molecular flexibility index (Phi) is 4.53. The van der Waals surface area contributed by atoms with E-state index in [1.54, 1.807) is 0 Å². The topological polar surface area (TPSA) is 57.3 Å². The first kappa shape index (κ1) is 14.8. The van der Waals surface area contributed by atoms with Crippen molar-refractivity contribution in [2.45, 2.75) is 19.8 Å². The van der Waals surface area contributed by atoms with Gasteiger partial charge in [0.15, 0.2) is 0 Å². The SMILES string of the molecule is Cc1cc(NC(=O)NCCN2CCCC2)c2ccccc2n1. The van der Waals surface area contributed by atoms with Crippen molar-refractivity contribution in [1.82, 2.24) is 15.2 Å². The third-order valence-electron chi connectivity index (χ3n) is 4.00. The quantitative estimate of drug-likeness (QED) is 0.912. The molecule has 1 saturated heterocycles. The van der Waals surface area contributed by atoms with Gasteiger partial charge in [0.1, 0.15) is 0 Å². The van der Waals surface area contributed by atoms with Gasteiger partial charge in [-0.3, -0.25) is 4.98 Å². The Bertz CT molecular complexity index is 665. The van der Waals surface area contributed by atoms with E-state index in [2.05, 4.69) is 20.5 Å². The van der Waals surface area contributed by atoms with Crippen molar-refractivity contribution < 1.29 is 4.79 Å². The van der Waals surface area contributed by atoms with Crippen LogP contribution in [0.1, 0.15) is 18.5 Å². The van der Waals surface area contributed by atoms with Crippen LogP contribution in [0.3, 0.4) is 0 Å². The van der Waals surface area contributed by atoms with Crippen LogP contribution in [0.2, 0.25) is 0 Å². The Balaban J connectivity index is 1.61. The number of pyridine rings is 1. The van der Waals surface area contributed by atoms with Gasteiger partial charge in [0.05, 0.1) is 11.2 Å². The van der Waals surface area contributed by atoms with Crippen molar-refractivity contribution in [3.63, 3.8) is 0 Å². The minimum atomic E-state index is -0.157. The maximum absolute atomic E-state index is 12.1. The number of urea groups is 1. The first-order valence-corrected chi connectivity index (χ1v) is 7.86. The molecule has 2 amide bonds. The molecular formula is C17H22N4O. The van der Waals surface area contributed by atoms with E-state index < -0.39 is 0 Å². The molecule has 1 aliphatic rings. The summed E-state index contributed by atoms with van der Waals surface area (Å²) in [6.45, 7) is 5.83. The highest BCUT2D eigenvalue weighted by molar-refractivity contribution is 6.00. The smallest absolute Gasteiger partial charge is 0.319 e. The predicted octanol–water partition coefficient (Wildman–Crippen LogP) is 2.76. The largest absolute Gasteiger partial charge is 0.337 e. The van der Waals surface area contributed by atoms with E-state index in [1.165, 1.54) is 12.8 Å². The van der Waals surface area contributed by atoms with E-state index in [-0.39, 0.29) is 6.03 Å². The molecule has 22 heavy (non-hydrogen) atoms. The molecule has 0 unspecified atom stereocenters. The lowest BCUT2D eigenvalue weighted by atomic mass is 10.1. The Morgan fingerprint density at radius 1 is 1.27 bits per heavy atom. The average Bonchev–Trinajstić information content (AvgIpc) is 3.00. The minimum absolute atomic E-state index is 0.157. The Morgan fingerprint density at radius 3 is 2.86 bits per heavy atom. The number of para-hydroxylation sites is 1. The van der Waals surface area contributed by atoms with E-state index in [0.717, 1.165) is 41.9 Å². The van der Waals surface area contributed by atoms with Crippen LogP contribution < -0.4 is 10.6 Å². The van der Waals surface area contributed by atoms with Gasteiger partial charge >= 0.3 is 6.03 Å². The van der Waals surface area contributed by atoms with Crippen LogP contribution in [0.15, 0.2) is 30.3 Å². The first-order valence-electron chi connectivity index (χ1n) is 7.86. The summed E-state index contributed by atoms with van der Waals surface area (Å²) in [5, 5.41) is 6.83. The second-order valence-electron chi connectivity index (χ2n) is 5.76. The summed E-state index contributed by atoms with van der Waals surface area (Å²) in [5.41, 5.74) is 2.60. The number of carbonyl (C=O) groups is 1. The monoisotopic (exact) mass is 298 g/mol. The molecule has 2 aromatic rings. The van der Waals surface area contributed by atoms with E-state index in [1.807, 2.05) is 37.3 Å². The molecule has 116 valence electrons. The summed E-state index contributed by atoms with van der Waals surface area (Å²) >= 11 is 0. The van der Waals surface area contributed by atoms with E-state index in [9.17, 15) is 4.79 Å². The second-order valence-corrected chi connectivity index (χ2v) is 5.76. The lowest BCUT2D eigenvalue weighted by Gasteiger charge is -2.15. The summed E-state index contributed by atoms with van der Waals surface area (Å²) in [6, 6.07) is 9.59. The fourth-order valence-corrected chi connectivity index (χ4v) is 2.91. The third kappa shape index (κ3) is 3.54. The van der Waals surface area contributed by atoms with Crippen molar-refractivity contribution >= 4 is 22.6 Å². The number of rotatable bonds is 4. The molecule has 1 fully saturated rings. The van der Waals surface area contributed by atoms with Crippen LogP contribution in [0.25, 0.3) is 10.9 Å². The second kappa shape index (κ2) is 6.75. The highest BCUT2D eigenvalue weighted by atomic mass is 16.2. The number of fused-ring (bicyclic) bond motifs is 1. The van der Waals surface area contributed by atoms with Crippen LogP contribution in [0, 0.1) is 6.92 Å². The van der Waals surface area contributed by atoms with Crippen LogP contribution in [0.5, 0.6) is 0 Å². The molecule has 0 radical (unpaired) electrons. The van der Waals surface area contributed by atoms with Gasteiger partial charge in [0.25, 0.3) is 0 Å². The molecule has 1 aliphatic heterocycles. The summed E-state index contributed by atoms with van der Waals surface area (Å²) in [6.07, 6.45) is 2.54. The van der Waals surface area contributed by atoms with Crippen molar-refractivity contribution in [3.05, 3.63) is 36.0 Å². The van der Waals surface area contributed by atoms with Gasteiger partial charge in [0, 0.05) is 24.2 Å². The maximum atomic E-state index is 12.1. The molecular weight excluding hydrogens is 276 g/mol. The van der Waals surface area contributed by atoms with Crippen molar-refractivity contribution in [3.8, 4) is 0 Å². The van der Waals surface area contributed by atoms with Crippen LogP contribution in [-0.4, -0.2) is 42.1 Å². The van der Waals surface area contributed by atoms with Crippen LogP contribution in [0.4, 0.5) is 10.5 Å². The molecule has 2 heterocycles.